The van der Waals surface area contributed by atoms with Crippen LogP contribution in [0.25, 0.3) is 0 Å². The number of hydrogen-bond acceptors (Lipinski definition) is 3. The van der Waals surface area contributed by atoms with E-state index in [2.05, 4.69) is 29.6 Å². The van der Waals surface area contributed by atoms with Gasteiger partial charge in [0.2, 0.25) is 5.91 Å². The van der Waals surface area contributed by atoms with Gasteiger partial charge in [0, 0.05) is 0 Å². The minimum atomic E-state index is -0.436. The molecule has 1 N–H and O–H groups in total. The van der Waals surface area contributed by atoms with Crippen LogP contribution in [0.5, 0.6) is 5.75 Å². The highest BCUT2D eigenvalue weighted by Crippen LogP contribution is 2.35. The maximum atomic E-state index is 13.9. The van der Waals surface area contributed by atoms with E-state index >= 15 is 0 Å². The van der Waals surface area contributed by atoms with Gasteiger partial charge >= 0.3 is 0 Å². The van der Waals surface area contributed by atoms with E-state index in [4.69, 9.17) is 4.74 Å². The quantitative estimate of drug-likeness (QED) is 0.531. The largest absolute Gasteiger partial charge is 0.494 e. The van der Waals surface area contributed by atoms with E-state index in [0.717, 1.165) is 11.1 Å². The first-order valence-corrected chi connectivity index (χ1v) is 10.5. The number of carbonyl (C=O) groups is 1. The lowest BCUT2D eigenvalue weighted by Gasteiger charge is -2.19. The minimum absolute atomic E-state index is 0.0666. The average Bonchev–Trinajstić information content (AvgIpc) is 2.75. The highest BCUT2D eigenvalue weighted by atomic mass is 32.2. The predicted octanol–water partition coefficient (Wildman–Crippen LogP) is 5.53. The number of nitrogens with one attached hydrogen (secondary N) is 1. The summed E-state index contributed by atoms with van der Waals surface area (Å²) < 4.78 is 18.9. The molecule has 0 bridgehead atoms. The first-order chi connectivity index (χ1) is 14.1. The normalized spacial score (nSPS) is 11.9. The van der Waals surface area contributed by atoms with Crippen molar-refractivity contribution in [3.8, 4) is 5.75 Å². The number of methoxy groups -OCH3 is 1. The van der Waals surface area contributed by atoms with Crippen LogP contribution in [0.15, 0.2) is 78.9 Å². The molecule has 0 aromatic heterocycles. The van der Waals surface area contributed by atoms with Crippen LogP contribution in [-0.2, 0) is 4.79 Å². The molecule has 5 heteroatoms. The van der Waals surface area contributed by atoms with Crippen molar-refractivity contribution in [2.45, 2.75) is 18.2 Å². The molecule has 150 valence electrons. The first kappa shape index (κ1) is 20.9. The van der Waals surface area contributed by atoms with Gasteiger partial charge in [0.05, 0.1) is 24.2 Å². The van der Waals surface area contributed by atoms with E-state index in [-0.39, 0.29) is 22.9 Å². The molecule has 0 aliphatic carbocycles. The fourth-order valence-electron chi connectivity index (χ4n) is 3.12. The summed E-state index contributed by atoms with van der Waals surface area (Å²) in [5.74, 6) is -0.0297. The van der Waals surface area contributed by atoms with Crippen LogP contribution in [0.1, 0.15) is 34.9 Å². The summed E-state index contributed by atoms with van der Waals surface area (Å²) in [6.07, 6.45) is 0. The van der Waals surface area contributed by atoms with Crippen LogP contribution in [0.3, 0.4) is 0 Å². The predicted molar refractivity (Wildman–Crippen MR) is 117 cm³/mol. The Kier molecular flexibility index (Phi) is 7.30. The molecule has 3 rings (SSSR count). The number of halogens is 1. The van der Waals surface area contributed by atoms with Gasteiger partial charge in [0.25, 0.3) is 0 Å². The number of hydrogen-bond donors (Lipinski definition) is 1. The maximum absolute atomic E-state index is 13.9. The van der Waals surface area contributed by atoms with E-state index < -0.39 is 5.82 Å². The Morgan fingerprint density at radius 3 is 2.07 bits per heavy atom. The lowest BCUT2D eigenvalue weighted by Crippen LogP contribution is -2.28. The van der Waals surface area contributed by atoms with Crippen molar-refractivity contribution in [3.05, 3.63) is 101 Å². The second-order valence-corrected chi connectivity index (χ2v) is 7.79. The molecule has 3 aromatic rings. The van der Waals surface area contributed by atoms with Gasteiger partial charge in [-0.05, 0) is 35.7 Å². The van der Waals surface area contributed by atoms with Gasteiger partial charge in [-0.15, -0.1) is 11.8 Å². The minimum Gasteiger partial charge on any atom is -0.494 e. The van der Waals surface area contributed by atoms with Crippen molar-refractivity contribution in [1.29, 1.82) is 0 Å². The van der Waals surface area contributed by atoms with Crippen molar-refractivity contribution < 1.29 is 13.9 Å². The fourth-order valence-corrected chi connectivity index (χ4v) is 4.22. The summed E-state index contributed by atoms with van der Waals surface area (Å²) in [5.41, 5.74) is 3.01. The number of benzene rings is 3. The highest BCUT2D eigenvalue weighted by Gasteiger charge is 2.18. The van der Waals surface area contributed by atoms with Gasteiger partial charge in [0.15, 0.2) is 11.6 Å². The molecule has 1 atom stereocenters. The second kappa shape index (κ2) is 10.1. The number of amides is 1. The van der Waals surface area contributed by atoms with Gasteiger partial charge < -0.3 is 10.1 Å². The number of ether oxygens (including phenoxy) is 1. The van der Waals surface area contributed by atoms with Crippen molar-refractivity contribution in [2.24, 2.45) is 0 Å². The smallest absolute Gasteiger partial charge is 0.230 e. The molecule has 29 heavy (non-hydrogen) atoms. The van der Waals surface area contributed by atoms with Crippen LogP contribution in [0, 0.1) is 5.82 Å². The molecule has 1 amide bonds. The van der Waals surface area contributed by atoms with Gasteiger partial charge in [-0.25, -0.2) is 4.39 Å². The van der Waals surface area contributed by atoms with E-state index in [1.54, 1.807) is 23.9 Å². The molecule has 0 aliphatic rings. The molecule has 0 saturated carbocycles. The van der Waals surface area contributed by atoms with Crippen LogP contribution >= 0.6 is 11.8 Å². The van der Waals surface area contributed by atoms with Crippen molar-refractivity contribution in [3.63, 3.8) is 0 Å². The summed E-state index contributed by atoms with van der Waals surface area (Å²) in [6, 6.07) is 24.7. The molecule has 0 heterocycles. The first-order valence-electron chi connectivity index (χ1n) is 9.42. The topological polar surface area (TPSA) is 38.3 Å². The summed E-state index contributed by atoms with van der Waals surface area (Å²) >= 11 is 1.58. The van der Waals surface area contributed by atoms with Crippen molar-refractivity contribution in [1.82, 2.24) is 5.32 Å². The number of thioether (sulfide) groups is 1. The van der Waals surface area contributed by atoms with Crippen LogP contribution in [0.4, 0.5) is 4.39 Å². The SMILES string of the molecule is COc1ccc(C(C)NC(=O)CSC(c2ccccc2)c2ccccc2)cc1F. The van der Waals surface area contributed by atoms with Gasteiger partial charge in [-0.1, -0.05) is 66.7 Å². The number of rotatable bonds is 8. The molecule has 0 fully saturated rings. The van der Waals surface area contributed by atoms with E-state index in [1.165, 1.54) is 13.2 Å². The van der Waals surface area contributed by atoms with E-state index in [1.807, 2.05) is 43.3 Å². The van der Waals surface area contributed by atoms with Crippen molar-refractivity contribution in [2.75, 3.05) is 12.9 Å². The Balaban J connectivity index is 1.65. The highest BCUT2D eigenvalue weighted by molar-refractivity contribution is 8.00. The summed E-state index contributed by atoms with van der Waals surface area (Å²) in [7, 11) is 1.43. The van der Waals surface area contributed by atoms with Crippen LogP contribution in [0.2, 0.25) is 0 Å². The third kappa shape index (κ3) is 5.61. The summed E-state index contributed by atoms with van der Waals surface area (Å²) in [5, 5.41) is 3.02. The molecule has 0 spiro atoms. The third-order valence-electron chi connectivity index (χ3n) is 4.64. The molecule has 0 aliphatic heterocycles. The molecular formula is C24H24FNO2S. The Morgan fingerprint density at radius 1 is 0.966 bits per heavy atom. The van der Waals surface area contributed by atoms with Crippen LogP contribution in [-0.4, -0.2) is 18.8 Å². The second-order valence-electron chi connectivity index (χ2n) is 6.70. The molecule has 3 aromatic carbocycles. The van der Waals surface area contributed by atoms with Crippen LogP contribution < -0.4 is 10.1 Å². The molecule has 3 nitrogen and oxygen atoms in total. The third-order valence-corrected chi connectivity index (χ3v) is 5.95. The zero-order chi connectivity index (χ0) is 20.6. The van der Waals surface area contributed by atoms with Crippen molar-refractivity contribution >= 4 is 17.7 Å². The zero-order valence-electron chi connectivity index (χ0n) is 16.5. The maximum Gasteiger partial charge on any atom is 0.230 e. The van der Waals surface area contributed by atoms with E-state index in [9.17, 15) is 9.18 Å². The molecule has 1 unspecified atom stereocenters. The molecular weight excluding hydrogens is 385 g/mol. The Hall–Kier alpha value is -2.79. The summed E-state index contributed by atoms with van der Waals surface area (Å²) in [6.45, 7) is 1.84. The Labute approximate surface area is 175 Å². The fraction of sp³-hybridized carbons (Fsp3) is 0.208. The van der Waals surface area contributed by atoms with Gasteiger partial charge in [0.1, 0.15) is 0 Å². The standard InChI is InChI=1S/C24H24FNO2S/c1-17(20-13-14-22(28-2)21(25)15-20)26-23(27)16-29-24(18-9-5-3-6-10-18)19-11-7-4-8-12-19/h3-15,17,24H,16H2,1-2H3,(H,26,27). The lowest BCUT2D eigenvalue weighted by atomic mass is 10.0. The Bertz CT molecular complexity index is 895. The monoisotopic (exact) mass is 409 g/mol. The lowest BCUT2D eigenvalue weighted by molar-refractivity contribution is -0.119. The van der Waals surface area contributed by atoms with Gasteiger partial charge in [-0.3, -0.25) is 4.79 Å². The molecule has 0 radical (unpaired) electrons. The van der Waals surface area contributed by atoms with E-state index in [0.29, 0.717) is 11.3 Å². The van der Waals surface area contributed by atoms with Gasteiger partial charge in [-0.2, -0.15) is 0 Å². The average molecular weight is 410 g/mol. The zero-order valence-corrected chi connectivity index (χ0v) is 17.3. The summed E-state index contributed by atoms with van der Waals surface area (Å²) in [4.78, 5) is 12.6. The molecule has 0 saturated heterocycles. The Morgan fingerprint density at radius 2 is 1.55 bits per heavy atom. The number of carbonyl (C=O) groups excluding carboxylic acids is 1.